The first-order valence-electron chi connectivity index (χ1n) is 10.1. The maximum atomic E-state index is 11.3. The zero-order chi connectivity index (χ0) is 20.4. The first-order valence-corrected chi connectivity index (χ1v) is 11.3. The predicted octanol–water partition coefficient (Wildman–Crippen LogP) is 6.48. The minimum absolute atomic E-state index is 0.0480. The van der Waals surface area contributed by atoms with Crippen LogP contribution in [-0.4, -0.2) is 16.7 Å². The molecule has 1 aromatic heterocycles. The van der Waals surface area contributed by atoms with Crippen molar-refractivity contribution >= 4 is 45.2 Å². The van der Waals surface area contributed by atoms with Crippen molar-refractivity contribution in [1.82, 2.24) is 4.57 Å². The molecule has 3 aromatic carbocycles. The smallest absolute Gasteiger partial charge is 0.221 e. The minimum Gasteiger partial charge on any atom is -0.335 e. The van der Waals surface area contributed by atoms with E-state index in [1.54, 1.807) is 11.8 Å². The minimum atomic E-state index is -0.0480. The van der Waals surface area contributed by atoms with Gasteiger partial charge in [-0.05, 0) is 48.1 Å². The van der Waals surface area contributed by atoms with E-state index in [0.29, 0.717) is 0 Å². The van der Waals surface area contributed by atoms with Crippen molar-refractivity contribution in [3.8, 4) is 0 Å². The zero-order valence-electron chi connectivity index (χ0n) is 17.2. The molecule has 0 bridgehead atoms. The molecule has 0 atom stereocenters. The van der Waals surface area contributed by atoms with Crippen molar-refractivity contribution in [2.24, 2.45) is 0 Å². The van der Waals surface area contributed by atoms with E-state index in [-0.39, 0.29) is 5.91 Å². The van der Waals surface area contributed by atoms with E-state index in [9.17, 15) is 4.79 Å². The first-order chi connectivity index (χ1) is 14.1. The van der Waals surface area contributed by atoms with Crippen molar-refractivity contribution in [2.75, 3.05) is 11.6 Å². The molecule has 29 heavy (non-hydrogen) atoms. The molecule has 4 aromatic rings. The molecule has 0 aliphatic rings. The van der Waals surface area contributed by atoms with Gasteiger partial charge in [0.1, 0.15) is 0 Å². The van der Waals surface area contributed by atoms with Crippen molar-refractivity contribution in [2.45, 2.75) is 38.1 Å². The molecule has 0 fully saturated rings. The van der Waals surface area contributed by atoms with E-state index in [1.165, 1.54) is 44.8 Å². The van der Waals surface area contributed by atoms with Crippen LogP contribution in [0, 0.1) is 0 Å². The van der Waals surface area contributed by atoms with Crippen LogP contribution in [0.25, 0.3) is 21.8 Å². The molecule has 4 heteroatoms. The molecule has 0 saturated heterocycles. The number of benzene rings is 3. The third-order valence-electron chi connectivity index (χ3n) is 5.32. The van der Waals surface area contributed by atoms with Gasteiger partial charge in [-0.25, -0.2) is 0 Å². The largest absolute Gasteiger partial charge is 0.335 e. The van der Waals surface area contributed by atoms with Gasteiger partial charge in [-0.1, -0.05) is 49.7 Å². The summed E-state index contributed by atoms with van der Waals surface area (Å²) < 4.78 is 2.45. The molecular formula is C25H26N2OS. The predicted molar refractivity (Wildman–Crippen MR) is 125 cm³/mol. The van der Waals surface area contributed by atoms with Crippen LogP contribution in [0.1, 0.15) is 31.4 Å². The third-order valence-corrected chi connectivity index (χ3v) is 6.08. The van der Waals surface area contributed by atoms with Gasteiger partial charge in [-0.2, -0.15) is 0 Å². The van der Waals surface area contributed by atoms with E-state index in [1.807, 2.05) is 12.1 Å². The Labute approximate surface area is 176 Å². The van der Waals surface area contributed by atoms with Gasteiger partial charge in [0.2, 0.25) is 5.91 Å². The number of aryl methyl sites for hydroxylation is 1. The van der Waals surface area contributed by atoms with Crippen LogP contribution >= 0.6 is 11.8 Å². The van der Waals surface area contributed by atoms with Crippen molar-refractivity contribution in [3.63, 3.8) is 0 Å². The Morgan fingerprint density at radius 2 is 1.79 bits per heavy atom. The fourth-order valence-electron chi connectivity index (χ4n) is 4.11. The summed E-state index contributed by atoms with van der Waals surface area (Å²) in [5.41, 5.74) is 6.08. The van der Waals surface area contributed by atoms with Crippen molar-refractivity contribution in [3.05, 3.63) is 71.8 Å². The molecule has 1 N–H and O–H groups in total. The van der Waals surface area contributed by atoms with Crippen LogP contribution < -0.4 is 5.32 Å². The summed E-state index contributed by atoms with van der Waals surface area (Å²) in [6, 6.07) is 21.4. The zero-order valence-corrected chi connectivity index (χ0v) is 18.0. The van der Waals surface area contributed by atoms with Crippen LogP contribution in [0.5, 0.6) is 0 Å². The molecule has 0 unspecified atom stereocenters. The van der Waals surface area contributed by atoms with Gasteiger partial charge >= 0.3 is 0 Å². The number of nitrogens with zero attached hydrogens (tertiary/aromatic N) is 1. The van der Waals surface area contributed by atoms with Gasteiger partial charge in [-0.3, -0.25) is 4.79 Å². The van der Waals surface area contributed by atoms with Crippen LogP contribution in [0.4, 0.5) is 5.69 Å². The summed E-state index contributed by atoms with van der Waals surface area (Å²) in [5, 5.41) is 5.56. The van der Waals surface area contributed by atoms with Gasteiger partial charge in [0.15, 0.2) is 0 Å². The Hall–Kier alpha value is -2.72. The lowest BCUT2D eigenvalue weighted by Crippen LogP contribution is -2.06. The second kappa shape index (κ2) is 8.34. The summed E-state index contributed by atoms with van der Waals surface area (Å²) >= 11 is 1.81. The van der Waals surface area contributed by atoms with Crippen LogP contribution in [0.2, 0.25) is 0 Å². The summed E-state index contributed by atoms with van der Waals surface area (Å²) in [4.78, 5) is 12.6. The topological polar surface area (TPSA) is 34.0 Å². The average molecular weight is 403 g/mol. The van der Waals surface area contributed by atoms with Gasteiger partial charge in [0, 0.05) is 40.3 Å². The summed E-state index contributed by atoms with van der Waals surface area (Å²) in [6.45, 7) is 4.57. The number of thioether (sulfide) groups is 1. The molecule has 0 spiro atoms. The molecule has 148 valence electrons. The number of carbonyl (C=O) groups excluding carboxylic acids is 1. The fraction of sp³-hybridized carbons (Fsp3) is 0.240. The van der Waals surface area contributed by atoms with Crippen LogP contribution in [0.15, 0.2) is 65.6 Å². The highest BCUT2D eigenvalue weighted by Gasteiger charge is 2.17. The average Bonchev–Trinajstić information content (AvgIpc) is 3.05. The fourth-order valence-corrected chi connectivity index (χ4v) is 4.72. The number of rotatable bonds is 6. The number of amides is 1. The standard InChI is InChI=1S/C25H26N2OS/c1-4-7-19-12-15-23(29-3)25-24(19)21-8-5-6-9-22(21)27(25)16-18-10-13-20(14-11-18)26-17(2)28/h5-6,8-15H,4,7,16H2,1-3H3,(H,26,28). The highest BCUT2D eigenvalue weighted by Crippen LogP contribution is 2.38. The Bertz CT molecular complexity index is 1180. The lowest BCUT2D eigenvalue weighted by atomic mass is 10.0. The second-order valence-electron chi connectivity index (χ2n) is 7.38. The Balaban J connectivity index is 1.88. The number of hydrogen-bond acceptors (Lipinski definition) is 2. The molecule has 1 amide bonds. The molecule has 0 aliphatic carbocycles. The van der Waals surface area contributed by atoms with Crippen LogP contribution in [-0.2, 0) is 17.8 Å². The van der Waals surface area contributed by atoms with E-state index in [0.717, 1.165) is 25.1 Å². The van der Waals surface area contributed by atoms with Gasteiger partial charge in [-0.15, -0.1) is 11.8 Å². The van der Waals surface area contributed by atoms with Gasteiger partial charge in [0.25, 0.3) is 0 Å². The maximum Gasteiger partial charge on any atom is 0.221 e. The lowest BCUT2D eigenvalue weighted by Gasteiger charge is -2.12. The molecule has 0 aliphatic heterocycles. The third kappa shape index (κ3) is 3.77. The second-order valence-corrected chi connectivity index (χ2v) is 8.23. The van der Waals surface area contributed by atoms with E-state index < -0.39 is 0 Å². The number of nitrogens with one attached hydrogen (secondary N) is 1. The molecule has 3 nitrogen and oxygen atoms in total. The van der Waals surface area contributed by atoms with Crippen molar-refractivity contribution in [1.29, 1.82) is 0 Å². The lowest BCUT2D eigenvalue weighted by molar-refractivity contribution is -0.114. The molecular weight excluding hydrogens is 376 g/mol. The molecule has 4 rings (SSSR count). The van der Waals surface area contributed by atoms with E-state index >= 15 is 0 Å². The number of aromatic nitrogens is 1. The summed E-state index contributed by atoms with van der Waals surface area (Å²) in [5.74, 6) is -0.0480. The summed E-state index contributed by atoms with van der Waals surface area (Å²) in [6.07, 6.45) is 4.38. The number of carbonyl (C=O) groups is 1. The highest BCUT2D eigenvalue weighted by atomic mass is 32.2. The molecule has 0 saturated carbocycles. The monoisotopic (exact) mass is 402 g/mol. The Morgan fingerprint density at radius 3 is 2.48 bits per heavy atom. The van der Waals surface area contributed by atoms with E-state index in [2.05, 4.69) is 71.6 Å². The molecule has 1 heterocycles. The number of fused-ring (bicyclic) bond motifs is 3. The maximum absolute atomic E-state index is 11.3. The number of para-hydroxylation sites is 1. The Kier molecular flexibility index (Phi) is 5.63. The highest BCUT2D eigenvalue weighted by molar-refractivity contribution is 7.98. The SMILES string of the molecule is CCCc1ccc(SC)c2c1c1ccccc1n2Cc1ccc(NC(C)=O)cc1. The van der Waals surface area contributed by atoms with Gasteiger partial charge < -0.3 is 9.88 Å². The quantitative estimate of drug-likeness (QED) is 0.375. The molecule has 0 radical (unpaired) electrons. The number of hydrogen-bond donors (Lipinski definition) is 1. The first kappa shape index (κ1) is 19.6. The van der Waals surface area contributed by atoms with Crippen LogP contribution in [0.3, 0.4) is 0 Å². The Morgan fingerprint density at radius 1 is 1.03 bits per heavy atom. The normalized spacial score (nSPS) is 11.3. The number of anilines is 1. The van der Waals surface area contributed by atoms with E-state index in [4.69, 9.17) is 0 Å². The summed E-state index contributed by atoms with van der Waals surface area (Å²) in [7, 11) is 0. The van der Waals surface area contributed by atoms with Crippen molar-refractivity contribution < 1.29 is 4.79 Å². The van der Waals surface area contributed by atoms with Gasteiger partial charge in [0.05, 0.1) is 5.52 Å².